The van der Waals surface area contributed by atoms with E-state index < -0.39 is 0 Å². The zero-order chi connectivity index (χ0) is 14.1. The summed E-state index contributed by atoms with van der Waals surface area (Å²) in [6.07, 6.45) is 3.41. The Morgan fingerprint density at radius 2 is 1.85 bits per heavy atom. The highest BCUT2D eigenvalue weighted by atomic mass is 35.5. The van der Waals surface area contributed by atoms with Gasteiger partial charge < -0.3 is 5.32 Å². The lowest BCUT2D eigenvalue weighted by Crippen LogP contribution is -2.12. The number of carbonyl (C=O) groups is 1. The van der Waals surface area contributed by atoms with E-state index in [1.807, 2.05) is 6.07 Å². The maximum absolute atomic E-state index is 12.2. The molecule has 20 heavy (non-hydrogen) atoms. The van der Waals surface area contributed by atoms with Crippen molar-refractivity contribution in [2.24, 2.45) is 0 Å². The van der Waals surface area contributed by atoms with Crippen LogP contribution in [0.15, 0.2) is 48.8 Å². The van der Waals surface area contributed by atoms with Gasteiger partial charge in [0, 0.05) is 33.7 Å². The van der Waals surface area contributed by atoms with Crippen molar-refractivity contribution in [2.75, 3.05) is 5.32 Å². The van der Waals surface area contributed by atoms with Crippen molar-refractivity contribution in [2.45, 2.75) is 0 Å². The monoisotopic (exact) mass is 305 g/mol. The standard InChI is InChI=1S/C14H9Cl2N3O/c15-10-6-11(16)8-12(7-10)18-14(20)9-2-4-19-13(5-9)1-3-17-19/h1-8H,(H,18,20). The average molecular weight is 306 g/mol. The zero-order valence-corrected chi connectivity index (χ0v) is 11.7. The largest absolute Gasteiger partial charge is 0.322 e. The fraction of sp³-hybridized carbons (Fsp3) is 0. The molecule has 3 aromatic rings. The van der Waals surface area contributed by atoms with Gasteiger partial charge in [-0.1, -0.05) is 23.2 Å². The second-order valence-corrected chi connectivity index (χ2v) is 5.10. The van der Waals surface area contributed by atoms with Crippen LogP contribution in [-0.4, -0.2) is 15.5 Å². The van der Waals surface area contributed by atoms with Gasteiger partial charge >= 0.3 is 0 Å². The van der Waals surface area contributed by atoms with Crippen LogP contribution < -0.4 is 5.32 Å². The fourth-order valence-electron chi connectivity index (χ4n) is 1.89. The van der Waals surface area contributed by atoms with Crippen molar-refractivity contribution in [3.8, 4) is 0 Å². The Morgan fingerprint density at radius 3 is 2.60 bits per heavy atom. The molecule has 3 rings (SSSR count). The van der Waals surface area contributed by atoms with Crippen LogP contribution in [0.25, 0.3) is 5.52 Å². The molecule has 4 nitrogen and oxygen atoms in total. The molecular weight excluding hydrogens is 297 g/mol. The third-order valence-corrected chi connectivity index (χ3v) is 3.22. The maximum atomic E-state index is 12.2. The third-order valence-electron chi connectivity index (χ3n) is 2.78. The molecule has 6 heteroatoms. The number of nitrogens with one attached hydrogen (secondary N) is 1. The number of carbonyl (C=O) groups excluding carboxylic acids is 1. The van der Waals surface area contributed by atoms with Gasteiger partial charge in [0.15, 0.2) is 0 Å². The second kappa shape index (κ2) is 5.15. The maximum Gasteiger partial charge on any atom is 0.255 e. The minimum Gasteiger partial charge on any atom is -0.322 e. The van der Waals surface area contributed by atoms with Gasteiger partial charge in [0.1, 0.15) is 0 Å². The number of pyridine rings is 1. The first-order chi connectivity index (χ1) is 9.61. The number of aromatic nitrogens is 2. The first-order valence-corrected chi connectivity index (χ1v) is 6.58. The van der Waals surface area contributed by atoms with Crippen molar-refractivity contribution in [3.63, 3.8) is 0 Å². The van der Waals surface area contributed by atoms with Crippen molar-refractivity contribution in [1.82, 2.24) is 9.61 Å². The number of anilines is 1. The highest BCUT2D eigenvalue weighted by Crippen LogP contribution is 2.23. The van der Waals surface area contributed by atoms with Crippen LogP contribution >= 0.6 is 23.2 Å². The minimum atomic E-state index is -0.230. The molecule has 2 heterocycles. The van der Waals surface area contributed by atoms with Crippen LogP contribution in [-0.2, 0) is 0 Å². The number of hydrogen-bond donors (Lipinski definition) is 1. The number of halogens is 2. The van der Waals surface area contributed by atoms with E-state index in [9.17, 15) is 4.79 Å². The SMILES string of the molecule is O=C(Nc1cc(Cl)cc(Cl)c1)c1ccn2nccc2c1. The summed E-state index contributed by atoms with van der Waals surface area (Å²) >= 11 is 11.8. The minimum absolute atomic E-state index is 0.230. The first-order valence-electron chi connectivity index (χ1n) is 5.83. The second-order valence-electron chi connectivity index (χ2n) is 4.23. The van der Waals surface area contributed by atoms with Gasteiger partial charge in [0.05, 0.1) is 5.52 Å². The molecule has 0 aliphatic heterocycles. The lowest BCUT2D eigenvalue weighted by molar-refractivity contribution is 0.102. The Kier molecular flexibility index (Phi) is 3.34. The smallest absolute Gasteiger partial charge is 0.255 e. The van der Waals surface area contributed by atoms with E-state index in [1.165, 1.54) is 0 Å². The first kappa shape index (κ1) is 13.0. The van der Waals surface area contributed by atoms with E-state index in [-0.39, 0.29) is 5.91 Å². The quantitative estimate of drug-likeness (QED) is 0.780. The van der Waals surface area contributed by atoms with Gasteiger partial charge in [-0.25, -0.2) is 4.52 Å². The Balaban J connectivity index is 1.88. The van der Waals surface area contributed by atoms with Crippen LogP contribution in [0.5, 0.6) is 0 Å². The predicted octanol–water partition coefficient (Wildman–Crippen LogP) is 3.89. The van der Waals surface area contributed by atoms with Gasteiger partial charge in [0.2, 0.25) is 0 Å². The van der Waals surface area contributed by atoms with Crippen molar-refractivity contribution in [1.29, 1.82) is 0 Å². The van der Waals surface area contributed by atoms with Crippen LogP contribution in [0.1, 0.15) is 10.4 Å². The summed E-state index contributed by atoms with van der Waals surface area (Å²) < 4.78 is 1.69. The van der Waals surface area contributed by atoms with Crippen molar-refractivity contribution >= 4 is 40.3 Å². The van der Waals surface area contributed by atoms with E-state index in [0.29, 0.717) is 21.3 Å². The molecule has 0 unspecified atom stereocenters. The Labute approximate surface area is 124 Å². The summed E-state index contributed by atoms with van der Waals surface area (Å²) in [6.45, 7) is 0. The topological polar surface area (TPSA) is 46.4 Å². The predicted molar refractivity (Wildman–Crippen MR) is 79.6 cm³/mol. The lowest BCUT2D eigenvalue weighted by Gasteiger charge is -2.06. The molecule has 1 N–H and O–H groups in total. The summed E-state index contributed by atoms with van der Waals surface area (Å²) in [6, 6.07) is 10.2. The number of nitrogens with zero attached hydrogens (tertiary/aromatic N) is 2. The Bertz CT molecular complexity index is 778. The van der Waals surface area contributed by atoms with E-state index in [1.54, 1.807) is 47.2 Å². The van der Waals surface area contributed by atoms with Gasteiger partial charge in [-0.3, -0.25) is 4.79 Å². The number of rotatable bonds is 2. The van der Waals surface area contributed by atoms with E-state index in [2.05, 4.69) is 10.4 Å². The molecule has 0 atom stereocenters. The Morgan fingerprint density at radius 1 is 1.10 bits per heavy atom. The molecule has 0 saturated heterocycles. The Hall–Kier alpha value is -2.04. The molecule has 1 amide bonds. The summed E-state index contributed by atoms with van der Waals surface area (Å²) in [7, 11) is 0. The van der Waals surface area contributed by atoms with Crippen molar-refractivity contribution in [3.05, 3.63) is 64.4 Å². The molecule has 0 aliphatic carbocycles. The lowest BCUT2D eigenvalue weighted by atomic mass is 10.2. The molecule has 0 fully saturated rings. The van der Waals surface area contributed by atoms with Gasteiger partial charge in [-0.2, -0.15) is 5.10 Å². The number of benzene rings is 1. The molecule has 2 aromatic heterocycles. The summed E-state index contributed by atoms with van der Waals surface area (Å²) in [4.78, 5) is 12.2. The number of hydrogen-bond acceptors (Lipinski definition) is 2. The highest BCUT2D eigenvalue weighted by molar-refractivity contribution is 6.35. The van der Waals surface area contributed by atoms with Crippen LogP contribution in [0.2, 0.25) is 10.0 Å². The van der Waals surface area contributed by atoms with Crippen LogP contribution in [0.3, 0.4) is 0 Å². The molecule has 0 aliphatic rings. The van der Waals surface area contributed by atoms with Crippen LogP contribution in [0, 0.1) is 0 Å². The number of fused-ring (bicyclic) bond motifs is 1. The molecule has 0 bridgehead atoms. The average Bonchev–Trinajstić information content (AvgIpc) is 2.84. The fourth-order valence-corrected chi connectivity index (χ4v) is 2.42. The van der Waals surface area contributed by atoms with Crippen molar-refractivity contribution < 1.29 is 4.79 Å². The third kappa shape index (κ3) is 2.61. The molecule has 100 valence electrons. The molecule has 0 spiro atoms. The molecule has 0 saturated carbocycles. The van der Waals surface area contributed by atoms with Crippen LogP contribution in [0.4, 0.5) is 5.69 Å². The summed E-state index contributed by atoms with van der Waals surface area (Å²) in [5.41, 5.74) is 1.94. The van der Waals surface area contributed by atoms with Gasteiger partial charge in [-0.05, 0) is 36.4 Å². The van der Waals surface area contributed by atoms with E-state index in [0.717, 1.165) is 5.52 Å². The normalized spacial score (nSPS) is 10.7. The van der Waals surface area contributed by atoms with Gasteiger partial charge in [0.25, 0.3) is 5.91 Å². The summed E-state index contributed by atoms with van der Waals surface area (Å²) in [5, 5.41) is 7.78. The molecule has 1 aromatic carbocycles. The van der Waals surface area contributed by atoms with E-state index >= 15 is 0 Å². The highest BCUT2D eigenvalue weighted by Gasteiger charge is 2.08. The molecular formula is C14H9Cl2N3O. The zero-order valence-electron chi connectivity index (χ0n) is 10.2. The molecule has 0 radical (unpaired) electrons. The van der Waals surface area contributed by atoms with Gasteiger partial charge in [-0.15, -0.1) is 0 Å². The number of amides is 1. The van der Waals surface area contributed by atoms with E-state index in [4.69, 9.17) is 23.2 Å². The summed E-state index contributed by atoms with van der Waals surface area (Å²) in [5.74, 6) is -0.230.